The minimum Gasteiger partial charge on any atom is -0.348 e. The van der Waals surface area contributed by atoms with Crippen molar-refractivity contribution in [3.05, 3.63) is 39.4 Å². The summed E-state index contributed by atoms with van der Waals surface area (Å²) in [5, 5.41) is 13.4. The SMILES string of the molecule is O=C(N[C@@H]1CC[S@@](=O)C1)c1ccc(C(F)(F)F)cc1[N+](=O)[O-]. The molecule has 2 rings (SSSR count). The van der Waals surface area contributed by atoms with Crippen LogP contribution < -0.4 is 5.32 Å². The Morgan fingerprint density at radius 2 is 2.09 bits per heavy atom. The van der Waals surface area contributed by atoms with Crippen molar-refractivity contribution in [2.45, 2.75) is 18.6 Å². The zero-order chi connectivity index (χ0) is 16.5. The third kappa shape index (κ3) is 3.62. The standard InChI is InChI=1S/C12H11F3N2O4S/c13-12(14,15)7-1-2-9(10(5-7)17(19)20)11(18)16-8-3-4-22(21)6-8/h1-2,5,8H,3-4,6H2,(H,16,18)/t8-,22-/m1/s1. The van der Waals surface area contributed by atoms with Gasteiger partial charge in [-0.05, 0) is 18.6 Å². The van der Waals surface area contributed by atoms with Crippen LogP contribution >= 0.6 is 0 Å². The van der Waals surface area contributed by atoms with E-state index in [1.807, 2.05) is 0 Å². The number of nitrogens with one attached hydrogen (secondary N) is 1. The summed E-state index contributed by atoms with van der Waals surface area (Å²) in [6.45, 7) is 0. The van der Waals surface area contributed by atoms with Crippen molar-refractivity contribution in [3.8, 4) is 0 Å². The van der Waals surface area contributed by atoms with E-state index < -0.39 is 50.7 Å². The molecule has 2 atom stereocenters. The fourth-order valence-electron chi connectivity index (χ4n) is 2.09. The number of alkyl halides is 3. The average Bonchev–Trinajstić information content (AvgIpc) is 2.82. The fourth-order valence-corrected chi connectivity index (χ4v) is 3.51. The number of nitro groups is 1. The molecule has 1 fully saturated rings. The molecule has 1 N–H and O–H groups in total. The van der Waals surface area contributed by atoms with E-state index >= 15 is 0 Å². The molecule has 1 aliphatic heterocycles. The van der Waals surface area contributed by atoms with E-state index in [1.165, 1.54) is 0 Å². The highest BCUT2D eigenvalue weighted by Gasteiger charge is 2.34. The molecule has 1 aromatic carbocycles. The smallest absolute Gasteiger partial charge is 0.348 e. The van der Waals surface area contributed by atoms with Crippen LogP contribution in [-0.4, -0.2) is 32.6 Å². The molecule has 120 valence electrons. The van der Waals surface area contributed by atoms with Gasteiger partial charge in [0, 0.05) is 34.4 Å². The highest BCUT2D eigenvalue weighted by Crippen LogP contribution is 2.33. The number of hydrogen-bond acceptors (Lipinski definition) is 4. The van der Waals surface area contributed by atoms with Crippen LogP contribution in [0.3, 0.4) is 0 Å². The van der Waals surface area contributed by atoms with E-state index in [4.69, 9.17) is 0 Å². The minimum absolute atomic E-state index is 0.236. The quantitative estimate of drug-likeness (QED) is 0.674. The Morgan fingerprint density at radius 3 is 2.59 bits per heavy atom. The molecule has 0 unspecified atom stereocenters. The molecule has 22 heavy (non-hydrogen) atoms. The van der Waals surface area contributed by atoms with Crippen molar-refractivity contribution >= 4 is 22.4 Å². The first-order valence-electron chi connectivity index (χ1n) is 6.20. The van der Waals surface area contributed by atoms with Crippen LogP contribution in [-0.2, 0) is 17.0 Å². The molecule has 1 aliphatic rings. The monoisotopic (exact) mass is 336 g/mol. The van der Waals surface area contributed by atoms with Gasteiger partial charge in [-0.2, -0.15) is 13.2 Å². The second kappa shape index (κ2) is 6.03. The molecule has 0 bridgehead atoms. The first kappa shape index (κ1) is 16.4. The maximum atomic E-state index is 12.6. The van der Waals surface area contributed by atoms with Crippen LogP contribution in [0.25, 0.3) is 0 Å². The van der Waals surface area contributed by atoms with E-state index in [0.717, 1.165) is 6.07 Å². The van der Waals surface area contributed by atoms with Crippen LogP contribution in [0.2, 0.25) is 0 Å². The van der Waals surface area contributed by atoms with Crippen molar-refractivity contribution in [2.24, 2.45) is 0 Å². The fraction of sp³-hybridized carbons (Fsp3) is 0.417. The lowest BCUT2D eigenvalue weighted by atomic mass is 10.1. The van der Waals surface area contributed by atoms with Crippen molar-refractivity contribution in [3.63, 3.8) is 0 Å². The number of amides is 1. The summed E-state index contributed by atoms with van der Waals surface area (Å²) in [7, 11) is -1.05. The molecule has 0 spiro atoms. The molecular formula is C12H11F3N2O4S. The van der Waals surface area contributed by atoms with Gasteiger partial charge in [0.2, 0.25) is 0 Å². The van der Waals surface area contributed by atoms with Gasteiger partial charge < -0.3 is 5.32 Å². The second-order valence-corrected chi connectivity index (χ2v) is 6.38. The third-order valence-corrected chi connectivity index (χ3v) is 4.65. The summed E-state index contributed by atoms with van der Waals surface area (Å²) in [5.41, 5.74) is -2.56. The van der Waals surface area contributed by atoms with Gasteiger partial charge in [0.15, 0.2) is 0 Å². The van der Waals surface area contributed by atoms with Crippen molar-refractivity contribution < 1.29 is 27.1 Å². The predicted molar refractivity (Wildman–Crippen MR) is 71.8 cm³/mol. The number of nitrogens with zero attached hydrogens (tertiary/aromatic N) is 1. The molecule has 6 nitrogen and oxygen atoms in total. The van der Waals surface area contributed by atoms with Gasteiger partial charge >= 0.3 is 6.18 Å². The van der Waals surface area contributed by atoms with E-state index in [9.17, 15) is 32.3 Å². The van der Waals surface area contributed by atoms with Gasteiger partial charge in [-0.25, -0.2) is 0 Å². The topological polar surface area (TPSA) is 89.3 Å². The molecular weight excluding hydrogens is 325 g/mol. The number of halogens is 3. The Morgan fingerprint density at radius 1 is 1.41 bits per heavy atom. The molecule has 0 aromatic heterocycles. The van der Waals surface area contributed by atoms with Gasteiger partial charge in [-0.1, -0.05) is 0 Å². The number of carbonyl (C=O) groups is 1. The van der Waals surface area contributed by atoms with E-state index in [0.29, 0.717) is 24.3 Å². The lowest BCUT2D eigenvalue weighted by Gasteiger charge is -2.12. The van der Waals surface area contributed by atoms with Crippen molar-refractivity contribution in [1.29, 1.82) is 0 Å². The molecule has 0 aliphatic carbocycles. The Kier molecular flexibility index (Phi) is 4.50. The van der Waals surface area contributed by atoms with E-state index in [1.54, 1.807) is 0 Å². The Bertz CT molecular complexity index is 648. The summed E-state index contributed by atoms with van der Waals surface area (Å²) in [5.74, 6) is -0.190. The molecule has 10 heteroatoms. The van der Waals surface area contributed by atoms with Crippen LogP contribution in [0.15, 0.2) is 18.2 Å². The molecule has 1 heterocycles. The normalized spacial score (nSPS) is 21.6. The second-order valence-electron chi connectivity index (χ2n) is 4.76. The van der Waals surface area contributed by atoms with E-state index in [-0.39, 0.29) is 5.75 Å². The summed E-state index contributed by atoms with van der Waals surface area (Å²) in [6.07, 6.45) is -4.27. The first-order chi connectivity index (χ1) is 10.2. The molecule has 0 saturated carbocycles. The highest BCUT2D eigenvalue weighted by atomic mass is 32.2. The largest absolute Gasteiger partial charge is 0.416 e. The molecule has 0 radical (unpaired) electrons. The summed E-state index contributed by atoms with van der Waals surface area (Å²) >= 11 is 0. The Balaban J connectivity index is 2.28. The number of rotatable bonds is 3. The highest BCUT2D eigenvalue weighted by molar-refractivity contribution is 7.85. The molecule has 1 aromatic rings. The van der Waals surface area contributed by atoms with Crippen LogP contribution in [0.4, 0.5) is 18.9 Å². The maximum Gasteiger partial charge on any atom is 0.416 e. The summed E-state index contributed by atoms with van der Waals surface area (Å²) in [4.78, 5) is 21.9. The zero-order valence-corrected chi connectivity index (χ0v) is 11.9. The van der Waals surface area contributed by atoms with Gasteiger partial charge in [-0.3, -0.25) is 19.1 Å². The lowest BCUT2D eigenvalue weighted by Crippen LogP contribution is -2.35. The van der Waals surface area contributed by atoms with Crippen LogP contribution in [0.5, 0.6) is 0 Å². The third-order valence-electron chi connectivity index (χ3n) is 3.18. The number of hydrogen-bond donors (Lipinski definition) is 1. The molecule has 1 amide bonds. The van der Waals surface area contributed by atoms with Gasteiger partial charge in [-0.15, -0.1) is 0 Å². The number of nitro benzene ring substituents is 1. The Labute approximate surface area is 125 Å². The average molecular weight is 336 g/mol. The van der Waals surface area contributed by atoms with Gasteiger partial charge in [0.05, 0.1) is 10.5 Å². The van der Waals surface area contributed by atoms with Crippen LogP contribution in [0.1, 0.15) is 22.3 Å². The first-order valence-corrected chi connectivity index (χ1v) is 7.69. The predicted octanol–water partition coefficient (Wildman–Crippen LogP) is 1.86. The van der Waals surface area contributed by atoms with Crippen LogP contribution in [0, 0.1) is 10.1 Å². The van der Waals surface area contributed by atoms with E-state index in [2.05, 4.69) is 5.32 Å². The van der Waals surface area contributed by atoms with Crippen molar-refractivity contribution in [2.75, 3.05) is 11.5 Å². The zero-order valence-electron chi connectivity index (χ0n) is 11.1. The number of benzene rings is 1. The van der Waals surface area contributed by atoms with Gasteiger partial charge in [0.1, 0.15) is 5.56 Å². The van der Waals surface area contributed by atoms with Gasteiger partial charge in [0.25, 0.3) is 11.6 Å². The number of carbonyl (C=O) groups excluding carboxylic acids is 1. The van der Waals surface area contributed by atoms with Crippen molar-refractivity contribution in [1.82, 2.24) is 5.32 Å². The molecule has 1 saturated heterocycles. The maximum absolute atomic E-state index is 12.6. The Hall–Kier alpha value is -1.97. The lowest BCUT2D eigenvalue weighted by molar-refractivity contribution is -0.385. The summed E-state index contributed by atoms with van der Waals surface area (Å²) in [6, 6.07) is 1.34. The minimum atomic E-state index is -4.73. The summed E-state index contributed by atoms with van der Waals surface area (Å²) < 4.78 is 49.0.